The molecular formula is C20H28N2O3. The first-order valence-electron chi connectivity index (χ1n) is 9.53. The molecule has 1 aromatic heterocycles. The van der Waals surface area contributed by atoms with E-state index in [1.165, 1.54) is 18.4 Å². The van der Waals surface area contributed by atoms with Crippen LogP contribution < -0.4 is 4.74 Å². The molecule has 1 aliphatic carbocycles. The quantitative estimate of drug-likeness (QED) is 0.822. The fraction of sp³-hybridized carbons (Fsp3) is 0.700. The minimum atomic E-state index is -0.447. The molecule has 3 atom stereocenters. The second kappa shape index (κ2) is 6.19. The summed E-state index contributed by atoms with van der Waals surface area (Å²) in [5.74, 6) is 1.44. The van der Waals surface area contributed by atoms with E-state index >= 15 is 0 Å². The van der Waals surface area contributed by atoms with Crippen molar-refractivity contribution >= 4 is 6.09 Å². The summed E-state index contributed by atoms with van der Waals surface area (Å²) in [6, 6.07) is 4.65. The van der Waals surface area contributed by atoms with Crippen molar-refractivity contribution in [3.8, 4) is 5.88 Å². The molecule has 2 bridgehead atoms. The molecule has 1 unspecified atom stereocenters. The van der Waals surface area contributed by atoms with Gasteiger partial charge in [0.25, 0.3) is 0 Å². The molecule has 5 nitrogen and oxygen atoms in total. The van der Waals surface area contributed by atoms with Gasteiger partial charge in [-0.3, -0.25) is 0 Å². The van der Waals surface area contributed by atoms with Crippen LogP contribution in [0.15, 0.2) is 18.3 Å². The Kier molecular flexibility index (Phi) is 4.13. The number of pyridine rings is 1. The Morgan fingerprint density at radius 1 is 1.16 bits per heavy atom. The lowest BCUT2D eigenvalue weighted by Crippen LogP contribution is -2.50. The normalized spacial score (nSPS) is 28.8. The molecule has 136 valence electrons. The SMILES string of the molecule is CC(C)(C)OC(=O)N1[C@@H]2CC[C@H]1CC(Oc1cc(C3CC3)ccn1)C2. The summed E-state index contributed by atoms with van der Waals surface area (Å²) in [7, 11) is 0. The minimum Gasteiger partial charge on any atom is -0.474 e. The van der Waals surface area contributed by atoms with Gasteiger partial charge in [0, 0.05) is 37.2 Å². The number of piperidine rings is 1. The van der Waals surface area contributed by atoms with Gasteiger partial charge in [-0.2, -0.15) is 0 Å². The number of fused-ring (bicyclic) bond motifs is 2. The molecule has 0 radical (unpaired) electrons. The number of amides is 1. The number of aromatic nitrogens is 1. The Morgan fingerprint density at radius 3 is 2.44 bits per heavy atom. The van der Waals surface area contributed by atoms with Gasteiger partial charge in [-0.05, 0) is 64.0 Å². The second-order valence-corrected chi connectivity index (χ2v) is 8.69. The number of hydrogen-bond donors (Lipinski definition) is 0. The van der Waals surface area contributed by atoms with Gasteiger partial charge in [0.05, 0.1) is 0 Å². The summed E-state index contributed by atoms with van der Waals surface area (Å²) in [4.78, 5) is 18.9. The van der Waals surface area contributed by atoms with Crippen LogP contribution in [0.25, 0.3) is 0 Å². The van der Waals surface area contributed by atoms with Crippen molar-refractivity contribution in [1.82, 2.24) is 9.88 Å². The third kappa shape index (κ3) is 3.75. The Morgan fingerprint density at radius 2 is 1.84 bits per heavy atom. The van der Waals surface area contributed by atoms with Gasteiger partial charge in [-0.25, -0.2) is 9.78 Å². The van der Waals surface area contributed by atoms with Crippen LogP contribution in [0.1, 0.15) is 70.8 Å². The maximum absolute atomic E-state index is 12.5. The summed E-state index contributed by atoms with van der Waals surface area (Å²) >= 11 is 0. The molecule has 3 fully saturated rings. The molecule has 0 spiro atoms. The van der Waals surface area contributed by atoms with Gasteiger partial charge in [-0.1, -0.05) is 0 Å². The van der Waals surface area contributed by atoms with E-state index in [9.17, 15) is 4.79 Å². The van der Waals surface area contributed by atoms with Crippen molar-refractivity contribution in [1.29, 1.82) is 0 Å². The lowest BCUT2D eigenvalue weighted by molar-refractivity contribution is -0.00760. The van der Waals surface area contributed by atoms with E-state index in [0.29, 0.717) is 5.92 Å². The smallest absolute Gasteiger partial charge is 0.410 e. The Bertz CT molecular complexity index is 637. The van der Waals surface area contributed by atoms with E-state index in [1.807, 2.05) is 31.9 Å². The lowest BCUT2D eigenvalue weighted by Gasteiger charge is -2.39. The van der Waals surface area contributed by atoms with Crippen molar-refractivity contribution < 1.29 is 14.3 Å². The summed E-state index contributed by atoms with van der Waals surface area (Å²) in [6.07, 6.45) is 8.19. The van der Waals surface area contributed by atoms with Gasteiger partial charge < -0.3 is 14.4 Å². The molecule has 1 aromatic rings. The molecule has 25 heavy (non-hydrogen) atoms. The van der Waals surface area contributed by atoms with Crippen molar-refractivity contribution in [2.24, 2.45) is 0 Å². The van der Waals surface area contributed by atoms with Crippen LogP contribution in [0.3, 0.4) is 0 Å². The Labute approximate surface area is 149 Å². The van der Waals surface area contributed by atoms with Crippen LogP contribution in [0.5, 0.6) is 5.88 Å². The second-order valence-electron chi connectivity index (χ2n) is 8.69. The van der Waals surface area contributed by atoms with Gasteiger partial charge in [0.1, 0.15) is 11.7 Å². The van der Waals surface area contributed by atoms with Crippen LogP contribution in [-0.2, 0) is 4.74 Å². The molecule has 0 N–H and O–H groups in total. The summed E-state index contributed by atoms with van der Waals surface area (Å²) in [6.45, 7) is 5.75. The first-order valence-corrected chi connectivity index (χ1v) is 9.53. The summed E-state index contributed by atoms with van der Waals surface area (Å²) in [5.41, 5.74) is 0.899. The van der Waals surface area contributed by atoms with Crippen molar-refractivity contribution in [2.75, 3.05) is 0 Å². The Balaban J connectivity index is 1.39. The van der Waals surface area contributed by atoms with Gasteiger partial charge in [0.2, 0.25) is 5.88 Å². The van der Waals surface area contributed by atoms with E-state index in [1.54, 1.807) is 0 Å². The number of hydrogen-bond acceptors (Lipinski definition) is 4. The number of nitrogens with zero attached hydrogens (tertiary/aromatic N) is 2. The van der Waals surface area contributed by atoms with Gasteiger partial charge >= 0.3 is 6.09 Å². The van der Waals surface area contributed by atoms with Crippen LogP contribution in [0, 0.1) is 0 Å². The number of carbonyl (C=O) groups excluding carboxylic acids is 1. The topological polar surface area (TPSA) is 51.7 Å². The van der Waals surface area contributed by atoms with Crippen LogP contribution >= 0.6 is 0 Å². The van der Waals surface area contributed by atoms with Crippen LogP contribution in [0.4, 0.5) is 4.79 Å². The first-order chi connectivity index (χ1) is 11.9. The molecule has 3 heterocycles. The largest absolute Gasteiger partial charge is 0.474 e. The third-order valence-electron chi connectivity index (χ3n) is 5.39. The highest BCUT2D eigenvalue weighted by Crippen LogP contribution is 2.41. The molecule has 0 aromatic carbocycles. The average Bonchev–Trinajstić information content (AvgIpc) is 3.32. The van der Waals surface area contributed by atoms with Crippen molar-refractivity contribution in [3.05, 3.63) is 23.9 Å². The fourth-order valence-corrected chi connectivity index (χ4v) is 4.17. The number of ether oxygens (including phenoxy) is 2. The highest BCUT2D eigenvalue weighted by Gasteiger charge is 2.45. The van der Waals surface area contributed by atoms with E-state index in [4.69, 9.17) is 9.47 Å². The molecule has 5 heteroatoms. The highest BCUT2D eigenvalue weighted by atomic mass is 16.6. The molecule has 2 saturated heterocycles. The zero-order valence-electron chi connectivity index (χ0n) is 15.4. The lowest BCUT2D eigenvalue weighted by atomic mass is 10.00. The fourth-order valence-electron chi connectivity index (χ4n) is 4.17. The minimum absolute atomic E-state index is 0.137. The van der Waals surface area contributed by atoms with Crippen LogP contribution in [-0.4, -0.2) is 39.8 Å². The van der Waals surface area contributed by atoms with E-state index in [-0.39, 0.29) is 24.3 Å². The third-order valence-corrected chi connectivity index (χ3v) is 5.39. The van der Waals surface area contributed by atoms with Crippen LogP contribution in [0.2, 0.25) is 0 Å². The van der Waals surface area contributed by atoms with Crippen molar-refractivity contribution in [3.63, 3.8) is 0 Å². The standard InChI is InChI=1S/C20H28N2O3/c1-20(2,3)25-19(23)22-15-6-7-16(22)12-17(11-15)24-18-10-14(8-9-21-18)13-4-5-13/h8-10,13,15-17H,4-7,11-12H2,1-3H3/t15-,16+,17?. The molecule has 1 saturated carbocycles. The molecule has 4 rings (SSSR count). The molecular weight excluding hydrogens is 316 g/mol. The predicted octanol–water partition coefficient (Wildman–Crippen LogP) is 4.27. The number of rotatable bonds is 3. The zero-order valence-corrected chi connectivity index (χ0v) is 15.4. The maximum Gasteiger partial charge on any atom is 0.410 e. The summed E-state index contributed by atoms with van der Waals surface area (Å²) in [5, 5.41) is 0. The summed E-state index contributed by atoms with van der Waals surface area (Å²) < 4.78 is 11.8. The number of carbonyl (C=O) groups is 1. The zero-order chi connectivity index (χ0) is 17.6. The Hall–Kier alpha value is -1.78. The molecule has 1 amide bonds. The van der Waals surface area contributed by atoms with E-state index in [2.05, 4.69) is 17.1 Å². The van der Waals surface area contributed by atoms with Crippen molar-refractivity contribution in [2.45, 2.75) is 89.0 Å². The highest BCUT2D eigenvalue weighted by molar-refractivity contribution is 5.69. The molecule has 2 aliphatic heterocycles. The van der Waals surface area contributed by atoms with Gasteiger partial charge in [-0.15, -0.1) is 0 Å². The first kappa shape index (κ1) is 16.7. The average molecular weight is 344 g/mol. The maximum atomic E-state index is 12.5. The van der Waals surface area contributed by atoms with Gasteiger partial charge in [0.15, 0.2) is 0 Å². The molecule has 3 aliphatic rings. The van der Waals surface area contributed by atoms with E-state index < -0.39 is 5.60 Å². The predicted molar refractivity (Wildman–Crippen MR) is 94.7 cm³/mol. The monoisotopic (exact) mass is 344 g/mol. The van der Waals surface area contributed by atoms with E-state index in [0.717, 1.165) is 31.6 Å².